The number of aliphatic hydroxyl groups excluding tert-OH is 1. The number of carbonyl (C=O) groups is 1. The quantitative estimate of drug-likeness (QED) is 0.298. The summed E-state index contributed by atoms with van der Waals surface area (Å²) in [5.41, 5.74) is 4.30. The van der Waals surface area contributed by atoms with Gasteiger partial charge in [-0.3, -0.25) is 19.2 Å². The number of hydrogen-bond acceptors (Lipinski definition) is 7. The fourth-order valence-electron chi connectivity index (χ4n) is 5.53. The van der Waals surface area contributed by atoms with E-state index in [1.165, 1.54) is 17.5 Å². The van der Waals surface area contributed by atoms with Gasteiger partial charge in [-0.25, -0.2) is 15.0 Å². The maximum absolute atomic E-state index is 11.4. The average molecular weight is 522 g/mol. The molecular weight excluding hydrogens is 490 g/mol. The van der Waals surface area contributed by atoms with Crippen molar-refractivity contribution >= 4 is 17.5 Å². The standard InChI is InChI=1S/C30H31N7O2/c38-20-25-12-7-13-37(25)30-27-29(31-21-32-30)36(22-33-27)19-26(39)18-34-14-16-35(17-15-34)28(23-8-3-1-4-9-23)24-10-5-2-6-11-24/h1-13,20-22,26,28,39H,14-19H2/t26-/m0/s1. The van der Waals surface area contributed by atoms with Crippen molar-refractivity contribution in [2.75, 3.05) is 32.7 Å². The van der Waals surface area contributed by atoms with Gasteiger partial charge in [-0.1, -0.05) is 60.7 Å². The molecule has 6 rings (SSSR count). The zero-order valence-electron chi connectivity index (χ0n) is 21.6. The minimum absolute atomic E-state index is 0.214. The van der Waals surface area contributed by atoms with E-state index in [1.807, 2.05) is 4.57 Å². The number of benzene rings is 2. The maximum Gasteiger partial charge on any atom is 0.168 e. The predicted octanol–water partition coefficient (Wildman–Crippen LogP) is 3.20. The Morgan fingerprint density at radius 3 is 2.18 bits per heavy atom. The van der Waals surface area contributed by atoms with Crippen molar-refractivity contribution in [3.05, 3.63) is 108 Å². The molecule has 0 amide bonds. The fourth-order valence-corrected chi connectivity index (χ4v) is 5.53. The van der Waals surface area contributed by atoms with E-state index in [0.29, 0.717) is 35.8 Å². The van der Waals surface area contributed by atoms with Gasteiger partial charge >= 0.3 is 0 Å². The van der Waals surface area contributed by atoms with Gasteiger partial charge in [-0.15, -0.1) is 0 Å². The third-order valence-electron chi connectivity index (χ3n) is 7.39. The van der Waals surface area contributed by atoms with Crippen LogP contribution in [0.1, 0.15) is 27.7 Å². The molecule has 1 fully saturated rings. The van der Waals surface area contributed by atoms with Crippen LogP contribution in [0.5, 0.6) is 0 Å². The van der Waals surface area contributed by atoms with Crippen molar-refractivity contribution in [2.24, 2.45) is 0 Å². The molecule has 0 unspecified atom stereocenters. The van der Waals surface area contributed by atoms with E-state index in [-0.39, 0.29) is 6.04 Å². The molecule has 2 aromatic carbocycles. The first-order valence-electron chi connectivity index (χ1n) is 13.2. The normalized spacial score (nSPS) is 15.6. The van der Waals surface area contributed by atoms with E-state index in [4.69, 9.17) is 0 Å². The van der Waals surface area contributed by atoms with Crippen molar-refractivity contribution in [3.8, 4) is 5.82 Å². The average Bonchev–Trinajstić information content (AvgIpc) is 3.62. The number of β-amino-alcohol motifs (C(OH)–C–C–N with tert-alkyl or cyclic N) is 1. The van der Waals surface area contributed by atoms with Crippen molar-refractivity contribution in [3.63, 3.8) is 0 Å². The van der Waals surface area contributed by atoms with E-state index < -0.39 is 6.10 Å². The summed E-state index contributed by atoms with van der Waals surface area (Å²) in [5, 5.41) is 11.0. The van der Waals surface area contributed by atoms with Gasteiger partial charge in [-0.05, 0) is 23.3 Å². The number of carbonyl (C=O) groups excluding carboxylic acids is 1. The molecule has 3 aromatic heterocycles. The van der Waals surface area contributed by atoms with Crippen LogP contribution >= 0.6 is 0 Å². The number of aldehydes is 1. The van der Waals surface area contributed by atoms with Crippen LogP contribution in [0.3, 0.4) is 0 Å². The number of aliphatic hydroxyl groups is 1. The Morgan fingerprint density at radius 2 is 1.51 bits per heavy atom. The topological polar surface area (TPSA) is 92.3 Å². The van der Waals surface area contributed by atoms with Gasteiger partial charge in [0.15, 0.2) is 23.3 Å². The molecule has 9 nitrogen and oxygen atoms in total. The first-order valence-corrected chi connectivity index (χ1v) is 13.2. The second-order valence-electron chi connectivity index (χ2n) is 9.90. The summed E-state index contributed by atoms with van der Waals surface area (Å²) in [6.07, 6.45) is 5.13. The summed E-state index contributed by atoms with van der Waals surface area (Å²) in [6.45, 7) is 4.54. The molecule has 1 atom stereocenters. The zero-order chi connectivity index (χ0) is 26.6. The Kier molecular flexibility index (Phi) is 7.27. The van der Waals surface area contributed by atoms with Crippen molar-refractivity contribution in [2.45, 2.75) is 18.7 Å². The Morgan fingerprint density at radius 1 is 0.821 bits per heavy atom. The Balaban J connectivity index is 1.11. The molecular formula is C30H31N7O2. The molecule has 0 saturated carbocycles. The number of aromatic nitrogens is 5. The number of piperazine rings is 1. The molecule has 39 heavy (non-hydrogen) atoms. The summed E-state index contributed by atoms with van der Waals surface area (Å²) in [7, 11) is 0. The van der Waals surface area contributed by atoms with Gasteiger partial charge in [0, 0.05) is 38.9 Å². The summed E-state index contributed by atoms with van der Waals surface area (Å²) in [5.74, 6) is 0.544. The molecule has 198 valence electrons. The number of imidazole rings is 1. The highest BCUT2D eigenvalue weighted by atomic mass is 16.3. The fraction of sp³-hybridized carbons (Fsp3) is 0.267. The van der Waals surface area contributed by atoms with Gasteiger partial charge in [-0.2, -0.15) is 0 Å². The molecule has 1 aliphatic rings. The molecule has 0 bridgehead atoms. The lowest BCUT2D eigenvalue weighted by molar-refractivity contribution is 0.0560. The molecule has 0 radical (unpaired) electrons. The summed E-state index contributed by atoms with van der Waals surface area (Å²) < 4.78 is 3.55. The first kappa shape index (κ1) is 25.1. The number of fused-ring (bicyclic) bond motifs is 1. The smallest absolute Gasteiger partial charge is 0.168 e. The lowest BCUT2D eigenvalue weighted by Crippen LogP contribution is -2.50. The Labute approximate surface area is 227 Å². The zero-order valence-corrected chi connectivity index (χ0v) is 21.6. The minimum atomic E-state index is -0.580. The lowest BCUT2D eigenvalue weighted by Gasteiger charge is -2.40. The van der Waals surface area contributed by atoms with Crippen LogP contribution in [0.25, 0.3) is 17.0 Å². The van der Waals surface area contributed by atoms with Crippen molar-refractivity contribution in [1.29, 1.82) is 0 Å². The summed E-state index contributed by atoms with van der Waals surface area (Å²) in [6, 6.07) is 25.1. The van der Waals surface area contributed by atoms with Crippen LogP contribution in [-0.4, -0.2) is 84.1 Å². The third-order valence-corrected chi connectivity index (χ3v) is 7.39. The Bertz CT molecular complexity index is 1490. The number of hydrogen-bond donors (Lipinski definition) is 1. The van der Waals surface area contributed by atoms with Gasteiger partial charge in [0.1, 0.15) is 6.33 Å². The van der Waals surface area contributed by atoms with E-state index in [9.17, 15) is 9.90 Å². The largest absolute Gasteiger partial charge is 0.390 e. The monoisotopic (exact) mass is 521 g/mol. The van der Waals surface area contributed by atoms with Crippen molar-refractivity contribution in [1.82, 2.24) is 33.9 Å². The maximum atomic E-state index is 11.4. The highest BCUT2D eigenvalue weighted by molar-refractivity contribution is 5.81. The van der Waals surface area contributed by atoms with Crippen LogP contribution in [0.2, 0.25) is 0 Å². The van der Waals surface area contributed by atoms with Crippen LogP contribution in [0, 0.1) is 0 Å². The predicted molar refractivity (Wildman–Crippen MR) is 149 cm³/mol. The second-order valence-corrected chi connectivity index (χ2v) is 9.90. The van der Waals surface area contributed by atoms with E-state index in [1.54, 1.807) is 29.2 Å². The van der Waals surface area contributed by atoms with Gasteiger partial charge < -0.3 is 9.67 Å². The first-order chi connectivity index (χ1) is 19.2. The van der Waals surface area contributed by atoms with Crippen LogP contribution in [0.4, 0.5) is 0 Å². The van der Waals surface area contributed by atoms with Crippen LogP contribution < -0.4 is 0 Å². The van der Waals surface area contributed by atoms with Crippen LogP contribution in [-0.2, 0) is 6.54 Å². The number of rotatable bonds is 9. The number of nitrogens with zero attached hydrogens (tertiary/aromatic N) is 7. The van der Waals surface area contributed by atoms with E-state index >= 15 is 0 Å². The highest BCUT2D eigenvalue weighted by Gasteiger charge is 2.27. The SMILES string of the molecule is O=Cc1cccn1-c1ncnc2c1ncn2C[C@@H](O)CN1CCN(C(c2ccccc2)c2ccccc2)CC1. The van der Waals surface area contributed by atoms with E-state index in [2.05, 4.69) is 85.4 Å². The molecule has 9 heteroatoms. The van der Waals surface area contributed by atoms with Gasteiger partial charge in [0.2, 0.25) is 0 Å². The van der Waals surface area contributed by atoms with Gasteiger partial charge in [0.05, 0.1) is 30.7 Å². The second kappa shape index (κ2) is 11.3. The molecule has 1 N–H and O–H groups in total. The molecule has 1 saturated heterocycles. The van der Waals surface area contributed by atoms with E-state index in [0.717, 1.165) is 32.5 Å². The molecule has 0 spiro atoms. The van der Waals surface area contributed by atoms with Crippen molar-refractivity contribution < 1.29 is 9.90 Å². The van der Waals surface area contributed by atoms with Crippen LogP contribution in [0.15, 0.2) is 91.6 Å². The molecule has 5 aromatic rings. The Hall–Kier alpha value is -4.18. The van der Waals surface area contributed by atoms with Gasteiger partial charge in [0.25, 0.3) is 0 Å². The highest BCUT2D eigenvalue weighted by Crippen LogP contribution is 2.29. The molecule has 4 heterocycles. The molecule has 1 aliphatic heterocycles. The lowest BCUT2D eigenvalue weighted by atomic mass is 9.96. The third kappa shape index (κ3) is 5.24. The summed E-state index contributed by atoms with van der Waals surface area (Å²) in [4.78, 5) is 29.5. The summed E-state index contributed by atoms with van der Waals surface area (Å²) >= 11 is 0. The minimum Gasteiger partial charge on any atom is -0.390 e. The molecule has 0 aliphatic carbocycles.